The monoisotopic (exact) mass is 368 g/mol. The van der Waals surface area contributed by atoms with Crippen molar-refractivity contribution in [3.05, 3.63) is 53.1 Å². The Hall–Kier alpha value is -2.70. The van der Waals surface area contributed by atoms with Crippen LogP contribution in [0.4, 0.5) is 13.2 Å². The fourth-order valence-electron chi connectivity index (χ4n) is 2.54. The first-order valence-corrected chi connectivity index (χ1v) is 8.06. The van der Waals surface area contributed by atoms with Gasteiger partial charge in [0.25, 0.3) is 0 Å². The van der Waals surface area contributed by atoms with E-state index in [2.05, 4.69) is 4.74 Å². The Morgan fingerprint density at radius 1 is 1.08 bits per heavy atom. The number of alkyl halides is 3. The Morgan fingerprint density at radius 3 is 2.35 bits per heavy atom. The number of rotatable bonds is 7. The molecular formula is C19H19F3O4. The molecule has 0 aliphatic rings. The first-order chi connectivity index (χ1) is 12.2. The lowest BCUT2D eigenvalue weighted by Crippen LogP contribution is -2.17. The van der Waals surface area contributed by atoms with Gasteiger partial charge in [0.15, 0.2) is 0 Å². The van der Waals surface area contributed by atoms with E-state index in [1.165, 1.54) is 18.2 Å². The van der Waals surface area contributed by atoms with Gasteiger partial charge >= 0.3 is 12.3 Å². The Labute approximate surface area is 149 Å². The van der Waals surface area contributed by atoms with Crippen molar-refractivity contribution in [1.82, 2.24) is 0 Å². The van der Waals surface area contributed by atoms with Crippen LogP contribution in [0.5, 0.6) is 17.2 Å². The van der Waals surface area contributed by atoms with Crippen molar-refractivity contribution in [3.8, 4) is 17.2 Å². The Bertz CT molecular complexity index is 785. The van der Waals surface area contributed by atoms with Gasteiger partial charge in [0, 0.05) is 6.42 Å². The number of hydrogen-bond acceptors (Lipinski definition) is 3. The molecule has 7 heteroatoms. The van der Waals surface area contributed by atoms with E-state index in [1.807, 2.05) is 19.1 Å². The van der Waals surface area contributed by atoms with Crippen molar-refractivity contribution in [1.29, 1.82) is 0 Å². The molecule has 1 N–H and O–H groups in total. The second-order valence-electron chi connectivity index (χ2n) is 5.75. The summed E-state index contributed by atoms with van der Waals surface area (Å²) in [7, 11) is 0. The van der Waals surface area contributed by atoms with Crippen molar-refractivity contribution in [2.45, 2.75) is 39.5 Å². The Kier molecular flexibility index (Phi) is 6.13. The zero-order valence-corrected chi connectivity index (χ0v) is 14.4. The zero-order valence-electron chi connectivity index (χ0n) is 14.4. The summed E-state index contributed by atoms with van der Waals surface area (Å²) < 4.78 is 46.4. The zero-order chi connectivity index (χ0) is 19.3. The van der Waals surface area contributed by atoms with Crippen LogP contribution in [0.2, 0.25) is 0 Å². The molecule has 0 radical (unpaired) electrons. The third-order valence-electron chi connectivity index (χ3n) is 3.77. The van der Waals surface area contributed by atoms with Crippen LogP contribution >= 0.6 is 0 Å². The molecular weight excluding hydrogens is 349 g/mol. The first-order valence-electron chi connectivity index (χ1n) is 8.06. The topological polar surface area (TPSA) is 55.8 Å². The molecule has 2 rings (SSSR count). The smallest absolute Gasteiger partial charge is 0.481 e. The van der Waals surface area contributed by atoms with E-state index in [-0.39, 0.29) is 12.2 Å². The number of aliphatic carboxylic acids is 1. The molecule has 0 aromatic heterocycles. The molecule has 26 heavy (non-hydrogen) atoms. The van der Waals surface area contributed by atoms with Gasteiger partial charge in [-0.3, -0.25) is 4.79 Å². The molecule has 0 fully saturated rings. The van der Waals surface area contributed by atoms with E-state index in [0.717, 1.165) is 11.1 Å². The lowest BCUT2D eigenvalue weighted by Gasteiger charge is -2.14. The maximum Gasteiger partial charge on any atom is 0.573 e. The van der Waals surface area contributed by atoms with Crippen LogP contribution < -0.4 is 9.47 Å². The standard InChI is InChI=1S/C19H19F3O4/c1-3-13-11-15(6-4-14(13)5-9-18(23)24)25-17-8-7-16(10-12(17)2)26-19(20,21)22/h4,6-8,10-11H,3,5,9H2,1-2H3,(H,23,24). The minimum absolute atomic E-state index is 0.0486. The number of hydrogen-bond donors (Lipinski definition) is 1. The Morgan fingerprint density at radius 2 is 1.77 bits per heavy atom. The van der Waals surface area contributed by atoms with Crippen LogP contribution in [0.3, 0.4) is 0 Å². The fourth-order valence-corrected chi connectivity index (χ4v) is 2.54. The maximum absolute atomic E-state index is 12.3. The molecule has 0 bridgehead atoms. The van der Waals surface area contributed by atoms with Crippen molar-refractivity contribution in [3.63, 3.8) is 0 Å². The molecule has 0 saturated carbocycles. The van der Waals surface area contributed by atoms with Gasteiger partial charge in [-0.05, 0) is 66.8 Å². The van der Waals surface area contributed by atoms with Crippen molar-refractivity contribution in [2.75, 3.05) is 0 Å². The van der Waals surface area contributed by atoms with E-state index >= 15 is 0 Å². The predicted molar refractivity (Wildman–Crippen MR) is 89.7 cm³/mol. The Balaban J connectivity index is 2.16. The van der Waals surface area contributed by atoms with Gasteiger partial charge in [-0.25, -0.2) is 0 Å². The molecule has 0 amide bonds. The van der Waals surface area contributed by atoms with Crippen molar-refractivity contribution in [2.24, 2.45) is 0 Å². The van der Waals surface area contributed by atoms with Gasteiger partial charge in [0.2, 0.25) is 0 Å². The van der Waals surface area contributed by atoms with Crippen molar-refractivity contribution >= 4 is 5.97 Å². The van der Waals surface area contributed by atoms with Crippen molar-refractivity contribution < 1.29 is 32.5 Å². The van der Waals surface area contributed by atoms with Gasteiger partial charge in [0.05, 0.1) is 0 Å². The van der Waals surface area contributed by atoms with Crippen LogP contribution in [0.25, 0.3) is 0 Å². The number of aryl methyl sites for hydroxylation is 3. The average Bonchev–Trinajstić information content (AvgIpc) is 2.54. The minimum Gasteiger partial charge on any atom is -0.481 e. The largest absolute Gasteiger partial charge is 0.573 e. The summed E-state index contributed by atoms with van der Waals surface area (Å²) in [6, 6.07) is 9.21. The van der Waals surface area contributed by atoms with Crippen LogP contribution in [-0.4, -0.2) is 17.4 Å². The summed E-state index contributed by atoms with van der Waals surface area (Å²) in [5.74, 6) is -0.210. The molecule has 140 valence electrons. The SMILES string of the molecule is CCc1cc(Oc2ccc(OC(F)(F)F)cc2C)ccc1CCC(=O)O. The molecule has 0 spiro atoms. The highest BCUT2D eigenvalue weighted by Gasteiger charge is 2.31. The summed E-state index contributed by atoms with van der Waals surface area (Å²) in [6.45, 7) is 3.58. The number of carbonyl (C=O) groups is 1. The first kappa shape index (κ1) is 19.6. The quantitative estimate of drug-likeness (QED) is 0.724. The van der Waals surface area contributed by atoms with Gasteiger partial charge in [0.1, 0.15) is 17.2 Å². The predicted octanol–water partition coefficient (Wildman–Crippen LogP) is 5.27. The average molecular weight is 368 g/mol. The summed E-state index contributed by atoms with van der Waals surface area (Å²) in [5.41, 5.74) is 2.41. The lowest BCUT2D eigenvalue weighted by atomic mass is 10.0. The highest BCUT2D eigenvalue weighted by atomic mass is 19.4. The number of carboxylic acids is 1. The highest BCUT2D eigenvalue weighted by Crippen LogP contribution is 2.31. The molecule has 0 saturated heterocycles. The molecule has 0 unspecified atom stereocenters. The molecule has 0 aliphatic heterocycles. The van der Waals surface area contributed by atoms with Crippen LogP contribution in [-0.2, 0) is 17.6 Å². The maximum atomic E-state index is 12.3. The number of halogens is 3. The molecule has 4 nitrogen and oxygen atoms in total. The van der Waals surface area contributed by atoms with Gasteiger partial charge in [-0.15, -0.1) is 13.2 Å². The summed E-state index contributed by atoms with van der Waals surface area (Å²) in [6.07, 6.45) is -3.55. The molecule has 2 aromatic carbocycles. The van der Waals surface area contributed by atoms with Crippen LogP contribution in [0.1, 0.15) is 30.0 Å². The van der Waals surface area contributed by atoms with Gasteiger partial charge in [-0.2, -0.15) is 0 Å². The molecule has 0 heterocycles. The van der Waals surface area contributed by atoms with E-state index < -0.39 is 12.3 Å². The summed E-state index contributed by atoms with van der Waals surface area (Å²) in [4.78, 5) is 10.7. The number of ether oxygens (including phenoxy) is 2. The normalized spacial score (nSPS) is 11.3. The van der Waals surface area contributed by atoms with E-state index in [9.17, 15) is 18.0 Å². The number of carboxylic acid groups (broad SMARTS) is 1. The third kappa shape index (κ3) is 5.68. The van der Waals surface area contributed by atoms with E-state index in [1.54, 1.807) is 13.0 Å². The van der Waals surface area contributed by atoms with E-state index in [4.69, 9.17) is 9.84 Å². The molecule has 2 aromatic rings. The molecule has 0 atom stereocenters. The fraction of sp³-hybridized carbons (Fsp3) is 0.316. The number of benzene rings is 2. The minimum atomic E-state index is -4.74. The second-order valence-corrected chi connectivity index (χ2v) is 5.75. The van der Waals surface area contributed by atoms with Gasteiger partial charge < -0.3 is 14.6 Å². The molecule has 0 aliphatic carbocycles. The van der Waals surface area contributed by atoms with Crippen LogP contribution in [0, 0.1) is 6.92 Å². The third-order valence-corrected chi connectivity index (χ3v) is 3.77. The highest BCUT2D eigenvalue weighted by molar-refractivity contribution is 5.67. The summed E-state index contributed by atoms with van der Waals surface area (Å²) in [5, 5.41) is 8.81. The van der Waals surface area contributed by atoms with E-state index in [0.29, 0.717) is 29.9 Å². The van der Waals surface area contributed by atoms with Crippen LogP contribution in [0.15, 0.2) is 36.4 Å². The lowest BCUT2D eigenvalue weighted by molar-refractivity contribution is -0.274. The van der Waals surface area contributed by atoms with Gasteiger partial charge in [-0.1, -0.05) is 13.0 Å². The second kappa shape index (κ2) is 8.12. The summed E-state index contributed by atoms with van der Waals surface area (Å²) >= 11 is 0.